The van der Waals surface area contributed by atoms with Gasteiger partial charge in [0.1, 0.15) is 6.29 Å². The van der Waals surface area contributed by atoms with Crippen molar-refractivity contribution in [3.63, 3.8) is 0 Å². The summed E-state index contributed by atoms with van der Waals surface area (Å²) in [5, 5.41) is 20.3. The van der Waals surface area contributed by atoms with Crippen LogP contribution in [-0.4, -0.2) is 212 Å². The molecule has 4 aliphatic heterocycles. The van der Waals surface area contributed by atoms with Crippen LogP contribution in [0.4, 0.5) is 0 Å². The van der Waals surface area contributed by atoms with Crippen molar-refractivity contribution in [1.82, 2.24) is 30.2 Å². The Labute approximate surface area is 812 Å². The number of hydrogen-bond donors (Lipinski definition) is 5. The zero-order chi connectivity index (χ0) is 94.4. The fraction of sp³-hybridized carbons (Fsp3) is 0.303. The van der Waals surface area contributed by atoms with Crippen molar-refractivity contribution in [3.05, 3.63) is 401 Å². The summed E-state index contributed by atoms with van der Waals surface area (Å²) >= 11 is 0. The Hall–Kier alpha value is -12.8. The molecule has 4 heterocycles. The number of aliphatic hydroxyl groups excluding tert-OH is 1. The quantitative estimate of drug-likeness (QED) is 0.00727. The Balaban J connectivity index is 0.000000233. The van der Waals surface area contributed by atoms with Crippen LogP contribution in [0.25, 0.3) is 0 Å². The number of methoxy groups -OCH3 is 4. The molecule has 4 saturated heterocycles. The van der Waals surface area contributed by atoms with Crippen LogP contribution in [0, 0.1) is 35.5 Å². The molecule has 4 aliphatic rings. The number of esters is 4. The van der Waals surface area contributed by atoms with E-state index in [9.17, 15) is 43.2 Å². The number of ether oxygens (including phenoxy) is 4. The van der Waals surface area contributed by atoms with Gasteiger partial charge < -0.3 is 82.4 Å². The molecule has 11 aromatic rings. The molecule has 11 aromatic carbocycles. The smallest absolute Gasteiger partial charge is 0.512 e. The van der Waals surface area contributed by atoms with Gasteiger partial charge >= 0.3 is 53.4 Å². The Morgan fingerprint density at radius 2 is 0.515 bits per heavy atom. The van der Waals surface area contributed by atoms with Crippen LogP contribution in [0.3, 0.4) is 0 Å². The summed E-state index contributed by atoms with van der Waals surface area (Å²) in [6.07, 6.45) is 6.30. The van der Waals surface area contributed by atoms with Crippen LogP contribution in [-0.2, 0) is 81.4 Å². The van der Waals surface area contributed by atoms with E-state index in [0.29, 0.717) is 58.8 Å². The van der Waals surface area contributed by atoms with E-state index in [1.807, 2.05) is 319 Å². The average molecular weight is 1820 g/mol. The van der Waals surface area contributed by atoms with Crippen molar-refractivity contribution in [2.45, 2.75) is 86.4 Å². The normalized spacial score (nSPS) is 17.1. The summed E-state index contributed by atoms with van der Waals surface area (Å²) < 4.78 is 19.8. The monoisotopic (exact) mass is 1810 g/mol. The molecule has 8 atom stereocenters. The number of carbonyl (C=O) groups excluding carboxylic acids is 9. The van der Waals surface area contributed by atoms with Crippen molar-refractivity contribution >= 4 is 62.2 Å². The number of benzene rings is 11. The molecule has 4 fully saturated rings. The molecule has 15 rings (SSSR count). The fourth-order valence-electron chi connectivity index (χ4n) is 17.1. The van der Waals surface area contributed by atoms with Gasteiger partial charge in [-0.1, -0.05) is 334 Å². The van der Waals surface area contributed by atoms with Crippen LogP contribution in [0.5, 0.6) is 0 Å². The molecule has 134 heavy (non-hydrogen) atoms. The first-order valence-corrected chi connectivity index (χ1v) is 44.6. The molecule has 0 aromatic heterocycles. The number of aryl methyl sites for hydroxylation is 3. The van der Waals surface area contributed by atoms with Crippen molar-refractivity contribution < 1.29 is 96.8 Å². The maximum absolute atomic E-state index is 13.8. The molecular formula is C109H122BN9NaO14. The first kappa shape index (κ1) is 108. The largest absolute Gasteiger partial charge is 1.00 e. The van der Waals surface area contributed by atoms with E-state index >= 15 is 0 Å². The molecule has 0 aliphatic carbocycles. The maximum Gasteiger partial charge on any atom is 1.00 e. The summed E-state index contributed by atoms with van der Waals surface area (Å²) in [6.45, 7) is 9.29. The number of rotatable bonds is 29. The van der Waals surface area contributed by atoms with Crippen LogP contribution < -0.4 is 51.7 Å². The van der Waals surface area contributed by atoms with Gasteiger partial charge in [0.15, 0.2) is 0 Å². The number of likely N-dealkylation sites (tertiary alicyclic amines) is 4. The Morgan fingerprint density at radius 1 is 0.328 bits per heavy atom. The second-order valence-corrected chi connectivity index (χ2v) is 32.3. The number of amides is 4. The van der Waals surface area contributed by atoms with Gasteiger partial charge in [-0.2, -0.15) is 0 Å². The summed E-state index contributed by atoms with van der Waals surface area (Å²) in [5.41, 5.74) is 23.5. The minimum atomic E-state index is -0.471. The topological polar surface area (TPSA) is 324 Å². The van der Waals surface area contributed by atoms with Gasteiger partial charge in [0.2, 0.25) is 23.6 Å². The minimum Gasteiger partial charge on any atom is -0.512 e. The third-order valence-corrected chi connectivity index (χ3v) is 23.9. The van der Waals surface area contributed by atoms with Crippen LogP contribution >= 0.6 is 0 Å². The van der Waals surface area contributed by atoms with Gasteiger partial charge in [-0.25, -0.2) is 0 Å². The van der Waals surface area contributed by atoms with Gasteiger partial charge in [0.05, 0.1) is 75.8 Å². The van der Waals surface area contributed by atoms with Crippen molar-refractivity contribution in [2.75, 3.05) is 101 Å². The molecule has 23 nitrogen and oxygen atoms in total. The third kappa shape index (κ3) is 31.7. The van der Waals surface area contributed by atoms with E-state index < -0.39 is 47.6 Å². The average Bonchev–Trinajstić information content (AvgIpc) is 1.63. The van der Waals surface area contributed by atoms with E-state index in [2.05, 4.69) is 34.9 Å². The maximum atomic E-state index is 13.8. The van der Waals surface area contributed by atoms with Crippen LogP contribution in [0.2, 0.25) is 0 Å². The van der Waals surface area contributed by atoms with Gasteiger partial charge in [-0.05, 0) is 106 Å². The molecule has 3 radical (unpaired) electrons. The molecular weight excluding hydrogens is 1690 g/mol. The predicted molar refractivity (Wildman–Crippen MR) is 516 cm³/mol. The summed E-state index contributed by atoms with van der Waals surface area (Å²) in [4.78, 5) is 120. The Kier molecular flexibility index (Phi) is 47.6. The van der Waals surface area contributed by atoms with Crippen LogP contribution in [0.15, 0.2) is 334 Å². The first-order valence-electron chi connectivity index (χ1n) is 44.6. The van der Waals surface area contributed by atoms with Crippen molar-refractivity contribution in [2.24, 2.45) is 35.1 Å². The van der Waals surface area contributed by atoms with E-state index in [-0.39, 0.29) is 109 Å². The number of nitrogens with zero attached hydrogens (tertiary/aromatic N) is 5. The van der Waals surface area contributed by atoms with Gasteiger partial charge in [0, 0.05) is 98.5 Å². The first-order chi connectivity index (χ1) is 64.5. The fourth-order valence-corrected chi connectivity index (χ4v) is 17.1. The molecule has 7 N–H and O–H groups in total. The molecule has 691 valence electrons. The van der Waals surface area contributed by atoms with Crippen LogP contribution in [0.1, 0.15) is 104 Å². The third-order valence-electron chi connectivity index (χ3n) is 23.9. The second kappa shape index (κ2) is 59.0. The number of hydrogen-bond acceptors (Lipinski definition) is 19. The molecule has 0 saturated carbocycles. The van der Waals surface area contributed by atoms with Gasteiger partial charge in [0.25, 0.3) is 0 Å². The summed E-state index contributed by atoms with van der Waals surface area (Å²) in [5.74, 6) is -4.65. The summed E-state index contributed by atoms with van der Waals surface area (Å²) in [7, 11) is 6.51. The number of nitrogens with one attached hydrogen (secondary N) is 2. The van der Waals surface area contributed by atoms with Crippen molar-refractivity contribution in [3.8, 4) is 0 Å². The Bertz CT molecular complexity index is 4840. The van der Waals surface area contributed by atoms with E-state index in [1.165, 1.54) is 45.1 Å². The standard InChI is InChI=1S/2C29H32N2O3.2C20H22N2O3.C9H10O.CN.CH4O.B.Na/c2*1-34-29(33)25-20-31(21-26(25)30-19-11-14-22-12-5-2-6-13-22)28(32)27(23-15-7-3-8-16-23)24-17-9-4-10-18-24;2*1-25-20(24)16-12-22(13-17(16)21)19(23)18(14-8-4-2-5-9-14)15-10-6-3-7-11-15;10-8-4-7-9-5-2-1-3-6-9;2*1-2;;/h2*2-10,12-13,15-18,25-27,30H,11,14,19-21H2,1H3;2*2-11,16-18H,12-13,21H2,1H3;1-3,5-6,8H,4,7H2;;2H,1H3;;/q;;;;;-1;;;+1/t2*25-,26-;2*16-,17-;;;;;/m1010...../s1. The second-order valence-electron chi connectivity index (χ2n) is 32.3. The molecule has 25 heteroatoms. The summed E-state index contributed by atoms with van der Waals surface area (Å²) in [6, 6.07) is 108. The molecule has 0 spiro atoms. The Morgan fingerprint density at radius 3 is 0.724 bits per heavy atom. The molecule has 4 amide bonds. The number of carbonyl (C=O) groups is 9. The minimum absolute atomic E-state index is 0. The van der Waals surface area contributed by atoms with Gasteiger partial charge in [-0.15, -0.1) is 0 Å². The molecule has 0 unspecified atom stereocenters. The number of aliphatic hydroxyl groups is 1. The predicted octanol–water partition coefficient (Wildman–Crippen LogP) is 9.78. The zero-order valence-electron chi connectivity index (χ0n) is 77.3. The zero-order valence-corrected chi connectivity index (χ0v) is 79.3. The molecule has 0 bridgehead atoms. The SMILES string of the molecule is CO.COC(=O)[C@@H]1CN(C(=O)C(c2ccccc2)c2ccccc2)C[C@H]1N.COC(=O)[C@@H]1CN(C(=O)C(c2ccccc2)c2ccccc2)C[C@H]1NCCCc1ccccc1.COC(=O)[C@H]1CN(C(=O)C(c2ccccc2)c2ccccc2)C[C@@H]1N.COC(=O)[C@H]1CN(C(=O)C(c2ccccc2)c2ccccc2)C[C@@H]1NCCCc1ccccc1.O=CCCc1ccccc1.[B].[C-]#N.[Na+]. The van der Waals surface area contributed by atoms with Crippen molar-refractivity contribution in [1.29, 1.82) is 5.26 Å². The van der Waals surface area contributed by atoms with E-state index in [4.69, 9.17) is 47.4 Å². The van der Waals surface area contributed by atoms with E-state index in [1.54, 1.807) is 9.80 Å². The number of nitrogens with two attached hydrogens (primary N) is 2. The van der Waals surface area contributed by atoms with E-state index in [0.717, 1.165) is 103 Å². The van der Waals surface area contributed by atoms with Gasteiger partial charge in [-0.3, -0.25) is 38.4 Å². The number of aldehydes is 1.